The van der Waals surface area contributed by atoms with Gasteiger partial charge in [0.1, 0.15) is 16.8 Å². The van der Waals surface area contributed by atoms with Crippen LogP contribution in [0.2, 0.25) is 5.15 Å². The molecule has 0 radical (unpaired) electrons. The molecule has 31 heavy (non-hydrogen) atoms. The van der Waals surface area contributed by atoms with Gasteiger partial charge in [-0.15, -0.1) is 0 Å². The Bertz CT molecular complexity index is 1130. The summed E-state index contributed by atoms with van der Waals surface area (Å²) in [6.45, 7) is 2.45. The molecule has 4 heterocycles. The number of nitrogens with zero attached hydrogens (tertiary/aromatic N) is 4. The summed E-state index contributed by atoms with van der Waals surface area (Å²) in [5, 5.41) is 9.67. The second-order valence-corrected chi connectivity index (χ2v) is 9.03. The molecule has 7 nitrogen and oxygen atoms in total. The number of carboxylic acids is 1. The first-order valence-electron chi connectivity index (χ1n) is 9.80. The van der Waals surface area contributed by atoms with Crippen LogP contribution in [0.1, 0.15) is 5.56 Å². The molecule has 3 aliphatic rings. The van der Waals surface area contributed by atoms with Crippen molar-refractivity contribution in [1.29, 1.82) is 0 Å². The number of piperazine rings is 1. The molecule has 1 fully saturated rings. The predicted octanol–water partition coefficient (Wildman–Crippen LogP) is 3.16. The number of rotatable bonds is 3. The molecule has 2 aromatic rings. The quantitative estimate of drug-likeness (QED) is 0.700. The van der Waals surface area contributed by atoms with Crippen LogP contribution in [0.25, 0.3) is 0 Å². The Labute approximate surface area is 187 Å². The summed E-state index contributed by atoms with van der Waals surface area (Å²) in [5.41, 5.74) is 1.89. The van der Waals surface area contributed by atoms with Gasteiger partial charge < -0.3 is 19.8 Å². The van der Waals surface area contributed by atoms with Gasteiger partial charge in [-0.05, 0) is 35.5 Å². The minimum absolute atomic E-state index is 0.0702. The van der Waals surface area contributed by atoms with E-state index in [0.717, 1.165) is 23.3 Å². The van der Waals surface area contributed by atoms with Gasteiger partial charge in [0.2, 0.25) is 5.12 Å². The number of aliphatic carboxylic acids is 1. The van der Waals surface area contributed by atoms with Crippen LogP contribution < -0.4 is 14.7 Å². The summed E-state index contributed by atoms with van der Waals surface area (Å²) in [4.78, 5) is 34.5. The fraction of sp³-hybridized carbons (Fsp3) is 0.286. The number of carboxylic acid groups (broad SMARTS) is 1. The molecule has 0 spiro atoms. The lowest BCUT2D eigenvalue weighted by atomic mass is 9.98. The third kappa shape index (κ3) is 3.61. The summed E-state index contributed by atoms with van der Waals surface area (Å²) < 4.78 is 15.3. The van der Waals surface area contributed by atoms with Crippen LogP contribution in [-0.4, -0.2) is 53.9 Å². The molecule has 0 aliphatic carbocycles. The maximum Gasteiger partial charge on any atom is 0.333 e. The highest BCUT2D eigenvalue weighted by Gasteiger charge is 2.35. The second-order valence-electron chi connectivity index (χ2n) is 7.57. The average molecular weight is 461 g/mol. The molecule has 10 heteroatoms. The Kier molecular flexibility index (Phi) is 5.02. The Hall–Kier alpha value is -2.78. The van der Waals surface area contributed by atoms with Gasteiger partial charge >= 0.3 is 5.97 Å². The standard InChI is InChI=1S/C21H18ClFN4O3S/c22-15-2-1-3-16(24-15)25-4-6-26(7-5-25)19-14(23)9-12-8-13(21(29)30)10-27-11-17(28)31-20(19)18(12)27/h1-3,9-10H,4-8,11H2,(H,29,30). The van der Waals surface area contributed by atoms with Crippen molar-refractivity contribution in [2.75, 3.05) is 47.4 Å². The van der Waals surface area contributed by atoms with Crippen LogP contribution in [0.3, 0.4) is 0 Å². The van der Waals surface area contributed by atoms with E-state index in [1.807, 2.05) is 17.0 Å². The SMILES string of the molecule is O=C1CN2C=C(C(=O)O)Cc3cc(F)c(N4CCN(c5cccc(Cl)n5)CC4)c(c32)S1. The van der Waals surface area contributed by atoms with Crippen LogP contribution in [0.4, 0.5) is 21.6 Å². The zero-order chi connectivity index (χ0) is 21.7. The van der Waals surface area contributed by atoms with Gasteiger partial charge in [-0.2, -0.15) is 0 Å². The van der Waals surface area contributed by atoms with Crippen LogP contribution in [0.5, 0.6) is 0 Å². The highest BCUT2D eigenvalue weighted by molar-refractivity contribution is 8.14. The second kappa shape index (κ2) is 7.72. The average Bonchev–Trinajstić information content (AvgIpc) is 2.73. The van der Waals surface area contributed by atoms with Crippen molar-refractivity contribution in [2.24, 2.45) is 0 Å². The van der Waals surface area contributed by atoms with E-state index in [1.54, 1.807) is 11.0 Å². The number of carbonyl (C=O) groups excluding carboxylic acids is 1. The molecule has 0 unspecified atom stereocenters. The van der Waals surface area contributed by atoms with Crippen LogP contribution >= 0.6 is 23.4 Å². The molecule has 1 aromatic carbocycles. The molecule has 1 saturated heterocycles. The zero-order valence-electron chi connectivity index (χ0n) is 16.3. The highest BCUT2D eigenvalue weighted by Crippen LogP contribution is 2.48. The van der Waals surface area contributed by atoms with Crippen LogP contribution in [0.15, 0.2) is 40.9 Å². The number of anilines is 3. The Morgan fingerprint density at radius 1 is 1.16 bits per heavy atom. The molecule has 1 aromatic heterocycles. The van der Waals surface area contributed by atoms with Gasteiger partial charge in [0.15, 0.2) is 0 Å². The topological polar surface area (TPSA) is 77.0 Å². The number of hydrogen-bond donors (Lipinski definition) is 1. The van der Waals surface area contributed by atoms with E-state index in [9.17, 15) is 14.7 Å². The normalized spacial score (nSPS) is 18.1. The van der Waals surface area contributed by atoms with Gasteiger partial charge in [-0.1, -0.05) is 17.7 Å². The minimum Gasteiger partial charge on any atom is -0.478 e. The third-order valence-electron chi connectivity index (χ3n) is 5.65. The van der Waals surface area contributed by atoms with Gasteiger partial charge in [0, 0.05) is 38.8 Å². The maximum absolute atomic E-state index is 15.3. The van der Waals surface area contributed by atoms with E-state index < -0.39 is 11.8 Å². The molecular weight excluding hydrogens is 443 g/mol. The number of pyridine rings is 1. The first-order valence-corrected chi connectivity index (χ1v) is 11.0. The number of hydrogen-bond acceptors (Lipinski definition) is 7. The predicted molar refractivity (Wildman–Crippen MR) is 118 cm³/mol. The third-order valence-corrected chi connectivity index (χ3v) is 6.81. The van der Waals surface area contributed by atoms with Crippen molar-refractivity contribution in [2.45, 2.75) is 11.3 Å². The fourth-order valence-corrected chi connectivity index (χ4v) is 5.53. The molecule has 1 N–H and O–H groups in total. The summed E-state index contributed by atoms with van der Waals surface area (Å²) in [6, 6.07) is 6.88. The monoisotopic (exact) mass is 460 g/mol. The van der Waals surface area contributed by atoms with Gasteiger partial charge in [-0.3, -0.25) is 4.79 Å². The lowest BCUT2D eigenvalue weighted by Gasteiger charge is -2.40. The maximum atomic E-state index is 15.3. The van der Waals surface area contributed by atoms with Gasteiger partial charge in [0.05, 0.1) is 28.4 Å². The minimum atomic E-state index is -1.06. The van der Waals surface area contributed by atoms with Crippen molar-refractivity contribution in [3.63, 3.8) is 0 Å². The number of halogens is 2. The van der Waals surface area contributed by atoms with E-state index >= 15 is 4.39 Å². The highest BCUT2D eigenvalue weighted by atomic mass is 35.5. The van der Waals surface area contributed by atoms with E-state index in [-0.39, 0.29) is 23.7 Å². The van der Waals surface area contributed by atoms with Gasteiger partial charge in [-0.25, -0.2) is 14.2 Å². The number of benzene rings is 1. The Morgan fingerprint density at radius 2 is 1.90 bits per heavy atom. The summed E-state index contributed by atoms with van der Waals surface area (Å²) in [7, 11) is 0. The molecule has 160 valence electrons. The molecular formula is C21H18ClFN4O3S. The van der Waals surface area contributed by atoms with Crippen molar-refractivity contribution in [3.8, 4) is 0 Å². The summed E-state index contributed by atoms with van der Waals surface area (Å²) in [6.07, 6.45) is 1.63. The first-order chi connectivity index (χ1) is 14.9. The zero-order valence-corrected chi connectivity index (χ0v) is 17.9. The van der Waals surface area contributed by atoms with E-state index in [1.165, 1.54) is 12.3 Å². The number of carbonyl (C=O) groups is 2. The number of aromatic nitrogens is 1. The number of thioether (sulfide) groups is 1. The van der Waals surface area contributed by atoms with Crippen molar-refractivity contribution >= 4 is 51.6 Å². The summed E-state index contributed by atoms with van der Waals surface area (Å²) in [5.74, 6) is -0.716. The van der Waals surface area contributed by atoms with Crippen LogP contribution in [-0.2, 0) is 16.0 Å². The van der Waals surface area contributed by atoms with Gasteiger partial charge in [0.25, 0.3) is 0 Å². The van der Waals surface area contributed by atoms with Crippen molar-refractivity contribution < 1.29 is 19.1 Å². The van der Waals surface area contributed by atoms with Crippen LogP contribution in [0, 0.1) is 5.82 Å². The largest absolute Gasteiger partial charge is 0.478 e. The molecule has 0 saturated carbocycles. The molecule has 0 atom stereocenters. The fourth-order valence-electron chi connectivity index (χ4n) is 4.27. The van der Waals surface area contributed by atoms with E-state index in [4.69, 9.17) is 11.6 Å². The molecule has 0 bridgehead atoms. The van der Waals surface area contributed by atoms with E-state index in [2.05, 4.69) is 9.88 Å². The molecule has 5 rings (SSSR count). The smallest absolute Gasteiger partial charge is 0.333 e. The van der Waals surface area contributed by atoms with Crippen molar-refractivity contribution in [3.05, 3.63) is 52.6 Å². The Morgan fingerprint density at radius 3 is 2.61 bits per heavy atom. The summed E-state index contributed by atoms with van der Waals surface area (Å²) >= 11 is 7.04. The lowest BCUT2D eigenvalue weighted by molar-refractivity contribution is -0.132. The van der Waals surface area contributed by atoms with Crippen molar-refractivity contribution in [1.82, 2.24) is 4.98 Å². The first kappa shape index (κ1) is 20.1. The lowest BCUT2D eigenvalue weighted by Crippen LogP contribution is -2.47. The van der Waals surface area contributed by atoms with E-state index in [0.29, 0.717) is 47.5 Å². The Balaban J connectivity index is 1.47. The molecule has 0 amide bonds. The molecule has 3 aliphatic heterocycles.